The van der Waals surface area contributed by atoms with E-state index in [1.165, 1.54) is 28.0 Å². The molecule has 0 spiro atoms. The van der Waals surface area contributed by atoms with Gasteiger partial charge in [-0.3, -0.25) is 25.2 Å². The standard InChI is InChI=1S/C13H17N3O3S2/c1-3-9-8(2)4-10(21-9)13(19)15-14-11(17)5-16-7-20-6-12(16)18/h4H,3,5-7H2,1-2H3,(H,14,17)(H,15,19). The van der Waals surface area contributed by atoms with Crippen molar-refractivity contribution in [2.75, 3.05) is 18.2 Å². The van der Waals surface area contributed by atoms with Gasteiger partial charge in [0.1, 0.15) is 6.54 Å². The average Bonchev–Trinajstić information content (AvgIpc) is 3.02. The van der Waals surface area contributed by atoms with Gasteiger partial charge in [0.25, 0.3) is 11.8 Å². The van der Waals surface area contributed by atoms with Crippen molar-refractivity contribution in [3.63, 3.8) is 0 Å². The summed E-state index contributed by atoms with van der Waals surface area (Å²) in [7, 11) is 0. The molecular weight excluding hydrogens is 310 g/mol. The van der Waals surface area contributed by atoms with Gasteiger partial charge in [-0.2, -0.15) is 0 Å². The number of hydrogen-bond acceptors (Lipinski definition) is 5. The zero-order valence-electron chi connectivity index (χ0n) is 11.9. The Morgan fingerprint density at radius 1 is 1.38 bits per heavy atom. The van der Waals surface area contributed by atoms with Crippen LogP contribution in [-0.4, -0.2) is 40.8 Å². The van der Waals surface area contributed by atoms with Crippen LogP contribution in [0.3, 0.4) is 0 Å². The van der Waals surface area contributed by atoms with Crippen molar-refractivity contribution in [2.24, 2.45) is 0 Å². The average molecular weight is 327 g/mol. The van der Waals surface area contributed by atoms with Crippen LogP contribution in [0.2, 0.25) is 0 Å². The van der Waals surface area contributed by atoms with Crippen molar-refractivity contribution >= 4 is 40.8 Å². The Labute approximate surface area is 131 Å². The van der Waals surface area contributed by atoms with Crippen LogP contribution < -0.4 is 10.9 Å². The fourth-order valence-electron chi connectivity index (χ4n) is 1.92. The molecule has 0 aromatic carbocycles. The van der Waals surface area contributed by atoms with Crippen molar-refractivity contribution in [1.82, 2.24) is 15.8 Å². The summed E-state index contributed by atoms with van der Waals surface area (Å²) in [5.74, 6) is 0.141. The van der Waals surface area contributed by atoms with Gasteiger partial charge in [0.15, 0.2) is 0 Å². The Bertz CT molecular complexity index is 571. The molecule has 8 heteroatoms. The number of hydrogen-bond donors (Lipinski definition) is 2. The number of thioether (sulfide) groups is 1. The lowest BCUT2D eigenvalue weighted by Crippen LogP contribution is -2.46. The van der Waals surface area contributed by atoms with E-state index in [4.69, 9.17) is 0 Å². The predicted molar refractivity (Wildman–Crippen MR) is 83.1 cm³/mol. The second-order valence-electron chi connectivity index (χ2n) is 4.64. The highest BCUT2D eigenvalue weighted by molar-refractivity contribution is 8.00. The van der Waals surface area contributed by atoms with Crippen molar-refractivity contribution < 1.29 is 14.4 Å². The van der Waals surface area contributed by atoms with Gasteiger partial charge < -0.3 is 4.90 Å². The van der Waals surface area contributed by atoms with E-state index in [9.17, 15) is 14.4 Å². The predicted octanol–water partition coefficient (Wildman–Crippen LogP) is 0.913. The number of nitrogens with one attached hydrogen (secondary N) is 2. The van der Waals surface area contributed by atoms with Crippen LogP contribution in [0.5, 0.6) is 0 Å². The largest absolute Gasteiger partial charge is 0.323 e. The first kappa shape index (κ1) is 15.8. The molecule has 2 rings (SSSR count). The summed E-state index contributed by atoms with van der Waals surface area (Å²) < 4.78 is 0. The number of carbonyl (C=O) groups is 3. The van der Waals surface area contributed by atoms with E-state index in [2.05, 4.69) is 10.9 Å². The van der Waals surface area contributed by atoms with E-state index in [1.807, 2.05) is 19.9 Å². The van der Waals surface area contributed by atoms with Gasteiger partial charge in [0.2, 0.25) is 5.91 Å². The fraction of sp³-hybridized carbons (Fsp3) is 0.462. The number of thiophene rings is 1. The highest BCUT2D eigenvalue weighted by Gasteiger charge is 2.23. The molecule has 1 aromatic rings. The lowest BCUT2D eigenvalue weighted by molar-refractivity contribution is -0.132. The highest BCUT2D eigenvalue weighted by Crippen LogP contribution is 2.22. The smallest absolute Gasteiger partial charge is 0.279 e. The maximum absolute atomic E-state index is 11.9. The molecule has 1 aromatic heterocycles. The van der Waals surface area contributed by atoms with E-state index in [1.54, 1.807) is 0 Å². The molecule has 1 aliphatic heterocycles. The third kappa shape index (κ3) is 3.98. The number of amides is 3. The number of carbonyl (C=O) groups excluding carboxylic acids is 3. The van der Waals surface area contributed by atoms with E-state index >= 15 is 0 Å². The quantitative estimate of drug-likeness (QED) is 0.806. The molecule has 0 unspecified atom stereocenters. The van der Waals surface area contributed by atoms with Gasteiger partial charge in [-0.05, 0) is 25.0 Å². The van der Waals surface area contributed by atoms with Crippen LogP contribution in [-0.2, 0) is 16.0 Å². The molecule has 0 aliphatic carbocycles. The molecule has 1 aliphatic rings. The van der Waals surface area contributed by atoms with Crippen LogP contribution >= 0.6 is 23.1 Å². The molecule has 2 heterocycles. The Morgan fingerprint density at radius 3 is 2.71 bits per heavy atom. The van der Waals surface area contributed by atoms with Crippen LogP contribution in [0.15, 0.2) is 6.07 Å². The van der Waals surface area contributed by atoms with Crippen LogP contribution in [0.1, 0.15) is 27.0 Å². The third-order valence-electron chi connectivity index (χ3n) is 3.04. The van der Waals surface area contributed by atoms with Crippen molar-refractivity contribution in [2.45, 2.75) is 20.3 Å². The molecule has 0 bridgehead atoms. The molecular formula is C13H17N3O3S2. The van der Waals surface area contributed by atoms with E-state index in [0.29, 0.717) is 16.5 Å². The minimum atomic E-state index is -0.400. The van der Waals surface area contributed by atoms with Crippen LogP contribution in [0, 0.1) is 6.92 Å². The Balaban J connectivity index is 1.82. The zero-order chi connectivity index (χ0) is 15.4. The molecule has 1 fully saturated rings. The van der Waals surface area contributed by atoms with E-state index < -0.39 is 5.91 Å². The van der Waals surface area contributed by atoms with E-state index in [0.717, 1.165) is 16.9 Å². The minimum absolute atomic E-state index is 0.0320. The van der Waals surface area contributed by atoms with Gasteiger partial charge in [-0.1, -0.05) is 6.92 Å². The summed E-state index contributed by atoms with van der Waals surface area (Å²) >= 11 is 2.89. The van der Waals surface area contributed by atoms with Gasteiger partial charge in [-0.15, -0.1) is 23.1 Å². The second-order valence-corrected chi connectivity index (χ2v) is 6.73. The molecule has 0 atom stereocenters. The maximum Gasteiger partial charge on any atom is 0.279 e. The lowest BCUT2D eigenvalue weighted by Gasteiger charge is -2.14. The van der Waals surface area contributed by atoms with Crippen molar-refractivity contribution in [1.29, 1.82) is 0 Å². The molecule has 6 nitrogen and oxygen atoms in total. The normalized spacial score (nSPS) is 14.4. The number of aryl methyl sites for hydroxylation is 2. The number of nitrogens with zero attached hydrogens (tertiary/aromatic N) is 1. The van der Waals surface area contributed by atoms with Crippen molar-refractivity contribution in [3.05, 3.63) is 21.4 Å². The SMILES string of the molecule is CCc1sc(C(=O)NNC(=O)CN2CSCC2=O)cc1C. The van der Waals surface area contributed by atoms with Gasteiger partial charge in [0.05, 0.1) is 16.5 Å². The summed E-state index contributed by atoms with van der Waals surface area (Å²) in [5.41, 5.74) is 5.80. The first-order valence-corrected chi connectivity index (χ1v) is 8.52. The third-order valence-corrected chi connectivity index (χ3v) is 5.37. The molecule has 2 N–H and O–H groups in total. The van der Waals surface area contributed by atoms with Crippen molar-refractivity contribution in [3.8, 4) is 0 Å². The van der Waals surface area contributed by atoms with Gasteiger partial charge >= 0.3 is 0 Å². The van der Waals surface area contributed by atoms with E-state index in [-0.39, 0.29) is 18.4 Å². The number of rotatable bonds is 4. The topological polar surface area (TPSA) is 78.5 Å². The first-order valence-electron chi connectivity index (χ1n) is 6.55. The molecule has 0 radical (unpaired) electrons. The molecule has 0 saturated carbocycles. The first-order chi connectivity index (χ1) is 10.0. The summed E-state index contributed by atoms with van der Waals surface area (Å²) in [6.45, 7) is 3.96. The Kier molecular flexibility index (Phi) is 5.24. The summed E-state index contributed by atoms with van der Waals surface area (Å²) in [4.78, 5) is 38.2. The zero-order valence-corrected chi connectivity index (χ0v) is 13.5. The summed E-state index contributed by atoms with van der Waals surface area (Å²) in [5, 5.41) is 0. The Hall–Kier alpha value is -1.54. The molecule has 1 saturated heterocycles. The lowest BCUT2D eigenvalue weighted by atomic mass is 10.2. The molecule has 3 amide bonds. The Morgan fingerprint density at radius 2 is 2.14 bits per heavy atom. The molecule has 21 heavy (non-hydrogen) atoms. The summed E-state index contributed by atoms with van der Waals surface area (Å²) in [6, 6.07) is 1.81. The summed E-state index contributed by atoms with van der Waals surface area (Å²) in [6.07, 6.45) is 0.880. The van der Waals surface area contributed by atoms with Gasteiger partial charge in [0, 0.05) is 4.88 Å². The van der Waals surface area contributed by atoms with Crippen LogP contribution in [0.4, 0.5) is 0 Å². The molecule has 114 valence electrons. The monoisotopic (exact) mass is 327 g/mol. The minimum Gasteiger partial charge on any atom is -0.323 e. The van der Waals surface area contributed by atoms with Gasteiger partial charge in [-0.25, -0.2) is 0 Å². The van der Waals surface area contributed by atoms with Crippen LogP contribution in [0.25, 0.3) is 0 Å². The second kappa shape index (κ2) is 6.95. The maximum atomic E-state index is 11.9. The number of hydrazine groups is 1. The fourth-order valence-corrected chi connectivity index (χ4v) is 3.84. The highest BCUT2D eigenvalue weighted by atomic mass is 32.2.